The number of nitrogens with one attached hydrogen (secondary N) is 1. The van der Waals surface area contributed by atoms with Gasteiger partial charge in [-0.1, -0.05) is 6.07 Å². The van der Waals surface area contributed by atoms with Gasteiger partial charge < -0.3 is 10.1 Å². The standard InChI is InChI=1S/C22H19FN4O3/c23-15-2-1-3-16(12-15)27-11-7-19(26-27)25-20(28)14-4-8-22(9-5-14)18-13-24-10-6-17(18)21(29)30-22/h1-3,6-7,10-14H,4-5,8-9H2,(H,25,26,28). The van der Waals surface area contributed by atoms with Crippen LogP contribution in [0.4, 0.5) is 10.2 Å². The second-order valence-corrected chi connectivity index (χ2v) is 7.69. The van der Waals surface area contributed by atoms with Crippen LogP contribution >= 0.6 is 0 Å². The van der Waals surface area contributed by atoms with Gasteiger partial charge in [-0.3, -0.25) is 9.78 Å². The number of amides is 1. The van der Waals surface area contributed by atoms with E-state index in [4.69, 9.17) is 4.74 Å². The van der Waals surface area contributed by atoms with E-state index in [1.54, 1.807) is 42.9 Å². The van der Waals surface area contributed by atoms with Gasteiger partial charge in [-0.25, -0.2) is 13.9 Å². The molecular formula is C22H19FN4O3. The maximum atomic E-state index is 13.4. The van der Waals surface area contributed by atoms with E-state index in [1.165, 1.54) is 16.8 Å². The predicted molar refractivity (Wildman–Crippen MR) is 105 cm³/mol. The lowest BCUT2D eigenvalue weighted by Gasteiger charge is -2.35. The van der Waals surface area contributed by atoms with Gasteiger partial charge >= 0.3 is 5.97 Å². The van der Waals surface area contributed by atoms with Crippen LogP contribution in [0.2, 0.25) is 0 Å². The zero-order valence-electron chi connectivity index (χ0n) is 16.0. The highest BCUT2D eigenvalue weighted by Gasteiger charge is 2.48. The van der Waals surface area contributed by atoms with Crippen molar-refractivity contribution in [3.63, 3.8) is 0 Å². The Hall–Kier alpha value is -3.55. The number of nitrogens with zero attached hydrogens (tertiary/aromatic N) is 3. The molecule has 1 amide bonds. The molecule has 0 radical (unpaired) electrons. The number of carbonyl (C=O) groups is 2. The summed E-state index contributed by atoms with van der Waals surface area (Å²) < 4.78 is 20.6. The van der Waals surface area contributed by atoms with Crippen molar-refractivity contribution in [2.45, 2.75) is 31.3 Å². The Kier molecular flexibility index (Phi) is 4.34. The monoisotopic (exact) mass is 406 g/mol. The third kappa shape index (κ3) is 3.14. The number of anilines is 1. The first-order chi connectivity index (χ1) is 14.5. The van der Waals surface area contributed by atoms with Crippen molar-refractivity contribution in [3.8, 4) is 5.69 Å². The van der Waals surface area contributed by atoms with Crippen LogP contribution in [-0.4, -0.2) is 26.6 Å². The Labute approximate surface area is 171 Å². The molecule has 1 aromatic carbocycles. The molecule has 0 bridgehead atoms. The first-order valence-corrected chi connectivity index (χ1v) is 9.84. The van der Waals surface area contributed by atoms with E-state index in [-0.39, 0.29) is 23.6 Å². The van der Waals surface area contributed by atoms with Gasteiger partial charge in [0.1, 0.15) is 11.4 Å². The topological polar surface area (TPSA) is 86.1 Å². The fourth-order valence-electron chi connectivity index (χ4n) is 4.32. The number of carbonyl (C=O) groups excluding carboxylic acids is 2. The summed E-state index contributed by atoms with van der Waals surface area (Å²) in [7, 11) is 0. The number of halogens is 1. The first kappa shape index (κ1) is 18.5. The molecule has 2 aliphatic rings. The Morgan fingerprint density at radius 1 is 1.23 bits per heavy atom. The number of esters is 1. The Morgan fingerprint density at radius 3 is 2.87 bits per heavy atom. The highest BCUT2D eigenvalue weighted by molar-refractivity contribution is 5.95. The minimum Gasteiger partial charge on any atom is -0.450 e. The Balaban J connectivity index is 1.25. The molecule has 1 spiro atoms. The molecule has 3 aromatic rings. The van der Waals surface area contributed by atoms with E-state index in [2.05, 4.69) is 15.4 Å². The summed E-state index contributed by atoms with van der Waals surface area (Å²) in [5.74, 6) is -0.585. The largest absolute Gasteiger partial charge is 0.450 e. The average molecular weight is 406 g/mol. The lowest BCUT2D eigenvalue weighted by molar-refractivity contribution is -0.122. The zero-order valence-corrected chi connectivity index (χ0v) is 16.0. The lowest BCUT2D eigenvalue weighted by atomic mass is 9.75. The van der Waals surface area contributed by atoms with Crippen LogP contribution in [0.15, 0.2) is 55.0 Å². The SMILES string of the molecule is O=C1OC2(CCC(C(=O)Nc3ccn(-c4cccc(F)c4)n3)CC2)c2cnccc21. The number of hydrogen-bond acceptors (Lipinski definition) is 5. The first-order valence-electron chi connectivity index (χ1n) is 9.84. The van der Waals surface area contributed by atoms with Crippen LogP contribution < -0.4 is 5.32 Å². The number of rotatable bonds is 3. The summed E-state index contributed by atoms with van der Waals surface area (Å²) in [6, 6.07) is 9.42. The second kappa shape index (κ2) is 7.05. The molecule has 7 nitrogen and oxygen atoms in total. The molecule has 0 atom stereocenters. The van der Waals surface area contributed by atoms with Gasteiger partial charge in [0.2, 0.25) is 5.91 Å². The molecule has 1 N–H and O–H groups in total. The molecule has 152 valence electrons. The van der Waals surface area contributed by atoms with Crippen molar-refractivity contribution in [2.75, 3.05) is 5.32 Å². The van der Waals surface area contributed by atoms with Crippen LogP contribution in [0.5, 0.6) is 0 Å². The van der Waals surface area contributed by atoms with Crippen LogP contribution in [0, 0.1) is 11.7 Å². The number of ether oxygens (including phenoxy) is 1. The van der Waals surface area contributed by atoms with Gasteiger partial charge in [-0.15, -0.1) is 0 Å². The second-order valence-electron chi connectivity index (χ2n) is 7.69. The molecule has 8 heteroatoms. The minimum atomic E-state index is -0.670. The number of benzene rings is 1. The molecule has 3 heterocycles. The van der Waals surface area contributed by atoms with Gasteiger partial charge in [0.15, 0.2) is 5.82 Å². The van der Waals surface area contributed by atoms with E-state index in [0.29, 0.717) is 42.8 Å². The van der Waals surface area contributed by atoms with Crippen LogP contribution in [-0.2, 0) is 15.1 Å². The molecule has 2 aromatic heterocycles. The van der Waals surface area contributed by atoms with Crippen molar-refractivity contribution in [3.05, 3.63) is 71.9 Å². The fourth-order valence-corrected chi connectivity index (χ4v) is 4.32. The lowest BCUT2D eigenvalue weighted by Crippen LogP contribution is -2.36. The fraction of sp³-hybridized carbons (Fsp3) is 0.273. The number of aromatic nitrogens is 3. The van der Waals surface area contributed by atoms with Crippen LogP contribution in [0.25, 0.3) is 5.69 Å². The van der Waals surface area contributed by atoms with Gasteiger partial charge in [-0.05, 0) is 49.9 Å². The van der Waals surface area contributed by atoms with Crippen LogP contribution in [0.1, 0.15) is 41.6 Å². The molecule has 30 heavy (non-hydrogen) atoms. The number of fused-ring (bicyclic) bond motifs is 2. The molecule has 1 saturated carbocycles. The van der Waals surface area contributed by atoms with Gasteiger partial charge in [-0.2, -0.15) is 5.10 Å². The normalized spacial score (nSPS) is 22.6. The smallest absolute Gasteiger partial charge is 0.339 e. The molecule has 5 rings (SSSR count). The van der Waals surface area contributed by atoms with Gasteiger partial charge in [0, 0.05) is 36.1 Å². The highest BCUT2D eigenvalue weighted by Crippen LogP contribution is 2.47. The van der Waals surface area contributed by atoms with Gasteiger partial charge in [0.25, 0.3) is 0 Å². The summed E-state index contributed by atoms with van der Waals surface area (Å²) in [5, 5.41) is 7.15. The number of hydrogen-bond donors (Lipinski definition) is 1. The molecule has 1 fully saturated rings. The van der Waals surface area contributed by atoms with Crippen molar-refractivity contribution >= 4 is 17.7 Å². The predicted octanol–water partition coefficient (Wildman–Crippen LogP) is 3.60. The molecular weight excluding hydrogens is 387 g/mol. The van der Waals surface area contributed by atoms with E-state index in [9.17, 15) is 14.0 Å². The maximum absolute atomic E-state index is 13.4. The summed E-state index contributed by atoms with van der Waals surface area (Å²) in [4.78, 5) is 29.1. The zero-order chi connectivity index (χ0) is 20.7. The summed E-state index contributed by atoms with van der Waals surface area (Å²) in [6.07, 6.45) is 7.29. The van der Waals surface area contributed by atoms with E-state index >= 15 is 0 Å². The molecule has 0 saturated heterocycles. The summed E-state index contributed by atoms with van der Waals surface area (Å²) in [5.41, 5.74) is 1.29. The number of pyridine rings is 1. The van der Waals surface area contributed by atoms with Crippen molar-refractivity contribution in [1.29, 1.82) is 0 Å². The van der Waals surface area contributed by atoms with E-state index in [1.807, 2.05) is 0 Å². The van der Waals surface area contributed by atoms with Crippen molar-refractivity contribution in [2.24, 2.45) is 5.92 Å². The molecule has 0 unspecified atom stereocenters. The average Bonchev–Trinajstić information content (AvgIpc) is 3.32. The van der Waals surface area contributed by atoms with E-state index < -0.39 is 5.60 Å². The quantitative estimate of drug-likeness (QED) is 0.672. The van der Waals surface area contributed by atoms with Crippen molar-refractivity contribution < 1.29 is 18.7 Å². The van der Waals surface area contributed by atoms with E-state index in [0.717, 1.165) is 5.56 Å². The maximum Gasteiger partial charge on any atom is 0.339 e. The highest BCUT2D eigenvalue weighted by atomic mass is 19.1. The summed E-state index contributed by atoms with van der Waals surface area (Å²) in [6.45, 7) is 0. The Morgan fingerprint density at radius 2 is 2.07 bits per heavy atom. The molecule has 1 aliphatic heterocycles. The third-order valence-corrected chi connectivity index (χ3v) is 5.90. The van der Waals surface area contributed by atoms with Gasteiger partial charge in [0.05, 0.1) is 11.3 Å². The molecule has 1 aliphatic carbocycles. The van der Waals surface area contributed by atoms with Crippen molar-refractivity contribution in [1.82, 2.24) is 14.8 Å². The Bertz CT molecular complexity index is 1130. The van der Waals surface area contributed by atoms with Crippen LogP contribution in [0.3, 0.4) is 0 Å². The minimum absolute atomic E-state index is 0.120. The summed E-state index contributed by atoms with van der Waals surface area (Å²) >= 11 is 0. The third-order valence-electron chi connectivity index (χ3n) is 5.90.